The summed E-state index contributed by atoms with van der Waals surface area (Å²) < 4.78 is 1.63. The highest BCUT2D eigenvalue weighted by atomic mass is 32.2. The molecule has 0 spiro atoms. The van der Waals surface area contributed by atoms with Gasteiger partial charge in [0.15, 0.2) is 5.12 Å². The molecular formula is C15H15N3O3S. The van der Waals surface area contributed by atoms with Gasteiger partial charge >= 0.3 is 5.69 Å². The normalized spacial score (nSPS) is 19.8. The van der Waals surface area contributed by atoms with Crippen LogP contribution in [-0.2, 0) is 4.79 Å². The van der Waals surface area contributed by atoms with Crippen molar-refractivity contribution in [1.82, 2.24) is 9.78 Å². The summed E-state index contributed by atoms with van der Waals surface area (Å²) in [6, 6.07) is 9.59. The van der Waals surface area contributed by atoms with E-state index in [9.17, 15) is 14.9 Å². The zero-order chi connectivity index (χ0) is 15.5. The first kappa shape index (κ1) is 14.8. The van der Waals surface area contributed by atoms with Crippen LogP contribution in [0, 0.1) is 16.0 Å². The maximum absolute atomic E-state index is 11.8. The van der Waals surface area contributed by atoms with Crippen LogP contribution in [0.5, 0.6) is 0 Å². The van der Waals surface area contributed by atoms with Gasteiger partial charge in [-0.05, 0) is 17.9 Å². The molecule has 0 aliphatic carbocycles. The van der Waals surface area contributed by atoms with Crippen molar-refractivity contribution in [3.05, 3.63) is 58.4 Å². The standard InChI is InChI=1S/C15H15N3O3S/c19-14-8-12(6-7-22-14)15(11-4-2-1-3-5-11)17-10-13(9-16-17)18(20)21/h1-5,9-10,12,15H,6-8H2. The first-order valence-electron chi connectivity index (χ1n) is 7.04. The van der Waals surface area contributed by atoms with E-state index >= 15 is 0 Å². The van der Waals surface area contributed by atoms with Gasteiger partial charge < -0.3 is 0 Å². The summed E-state index contributed by atoms with van der Waals surface area (Å²) in [6.07, 6.45) is 4.07. The maximum atomic E-state index is 11.8. The molecule has 1 fully saturated rings. The molecule has 1 aromatic heterocycles. The number of hydrogen-bond donors (Lipinski definition) is 0. The van der Waals surface area contributed by atoms with Gasteiger partial charge in [0, 0.05) is 12.2 Å². The minimum atomic E-state index is -0.451. The van der Waals surface area contributed by atoms with Crippen LogP contribution in [0.25, 0.3) is 0 Å². The first-order valence-corrected chi connectivity index (χ1v) is 8.03. The lowest BCUT2D eigenvalue weighted by Gasteiger charge is -2.29. The van der Waals surface area contributed by atoms with Gasteiger partial charge in [0.25, 0.3) is 0 Å². The summed E-state index contributed by atoms with van der Waals surface area (Å²) in [6.45, 7) is 0. The third-order valence-electron chi connectivity index (χ3n) is 3.85. The van der Waals surface area contributed by atoms with E-state index in [2.05, 4.69) is 5.10 Å². The van der Waals surface area contributed by atoms with Crippen molar-refractivity contribution < 1.29 is 9.72 Å². The number of carbonyl (C=O) groups is 1. The number of nitrogens with zero attached hydrogens (tertiary/aromatic N) is 3. The molecule has 0 saturated carbocycles. The largest absolute Gasteiger partial charge is 0.307 e. The summed E-state index contributed by atoms with van der Waals surface area (Å²) in [5.74, 6) is 0.895. The average Bonchev–Trinajstić information content (AvgIpc) is 2.98. The molecule has 2 heterocycles. The molecule has 114 valence electrons. The number of nitro groups is 1. The van der Waals surface area contributed by atoms with E-state index in [1.807, 2.05) is 30.3 Å². The monoisotopic (exact) mass is 317 g/mol. The van der Waals surface area contributed by atoms with Gasteiger partial charge in [-0.15, -0.1) is 0 Å². The van der Waals surface area contributed by atoms with Gasteiger partial charge in [0.1, 0.15) is 12.4 Å². The summed E-state index contributed by atoms with van der Waals surface area (Å²) in [7, 11) is 0. The van der Waals surface area contributed by atoms with Crippen molar-refractivity contribution in [3.63, 3.8) is 0 Å². The molecule has 2 atom stereocenters. The lowest BCUT2D eigenvalue weighted by Crippen LogP contribution is -2.26. The Morgan fingerprint density at radius 3 is 2.77 bits per heavy atom. The quantitative estimate of drug-likeness (QED) is 0.639. The molecule has 22 heavy (non-hydrogen) atoms. The van der Waals surface area contributed by atoms with Crippen molar-refractivity contribution in [1.29, 1.82) is 0 Å². The zero-order valence-electron chi connectivity index (χ0n) is 11.8. The Hall–Kier alpha value is -2.15. The molecule has 0 bridgehead atoms. The molecule has 7 heteroatoms. The van der Waals surface area contributed by atoms with E-state index in [4.69, 9.17) is 0 Å². The summed E-state index contributed by atoms with van der Waals surface area (Å²) in [5.41, 5.74) is 0.989. The van der Waals surface area contributed by atoms with Crippen molar-refractivity contribution in [2.45, 2.75) is 18.9 Å². The smallest absolute Gasteiger partial charge is 0.287 e. The Labute approximate surface area is 131 Å². The van der Waals surface area contributed by atoms with Gasteiger partial charge in [-0.3, -0.25) is 19.6 Å². The Morgan fingerprint density at radius 1 is 1.36 bits per heavy atom. The average molecular weight is 317 g/mol. The number of thioether (sulfide) groups is 1. The number of carbonyl (C=O) groups excluding carboxylic acids is 1. The lowest BCUT2D eigenvalue weighted by molar-refractivity contribution is -0.385. The molecule has 1 saturated heterocycles. The van der Waals surface area contributed by atoms with Crippen molar-refractivity contribution in [2.75, 3.05) is 5.75 Å². The molecule has 3 rings (SSSR count). The van der Waals surface area contributed by atoms with E-state index in [1.165, 1.54) is 24.2 Å². The topological polar surface area (TPSA) is 78.0 Å². The number of rotatable bonds is 4. The number of benzene rings is 1. The highest BCUT2D eigenvalue weighted by Gasteiger charge is 2.31. The van der Waals surface area contributed by atoms with Crippen LogP contribution in [-0.4, -0.2) is 25.6 Å². The van der Waals surface area contributed by atoms with E-state index in [0.717, 1.165) is 17.7 Å². The molecule has 1 aliphatic rings. The highest BCUT2D eigenvalue weighted by Crippen LogP contribution is 2.37. The molecule has 0 amide bonds. The van der Waals surface area contributed by atoms with Gasteiger partial charge in [-0.2, -0.15) is 5.10 Å². The fraction of sp³-hybridized carbons (Fsp3) is 0.333. The molecule has 6 nitrogen and oxygen atoms in total. The Kier molecular flexibility index (Phi) is 4.24. The van der Waals surface area contributed by atoms with Crippen LogP contribution >= 0.6 is 11.8 Å². The zero-order valence-corrected chi connectivity index (χ0v) is 12.6. The number of aromatic nitrogens is 2. The molecule has 2 aromatic rings. The van der Waals surface area contributed by atoms with Crippen LogP contribution in [0.4, 0.5) is 5.69 Å². The minimum Gasteiger partial charge on any atom is -0.287 e. The van der Waals surface area contributed by atoms with Crippen LogP contribution in [0.3, 0.4) is 0 Å². The molecule has 2 unspecified atom stereocenters. The molecular weight excluding hydrogens is 302 g/mol. The third kappa shape index (κ3) is 3.04. The fourth-order valence-electron chi connectivity index (χ4n) is 2.83. The molecule has 0 radical (unpaired) electrons. The van der Waals surface area contributed by atoms with Crippen LogP contribution in [0.2, 0.25) is 0 Å². The van der Waals surface area contributed by atoms with Crippen LogP contribution in [0.15, 0.2) is 42.7 Å². The van der Waals surface area contributed by atoms with Crippen LogP contribution in [0.1, 0.15) is 24.4 Å². The van der Waals surface area contributed by atoms with Gasteiger partial charge in [-0.1, -0.05) is 42.1 Å². The van der Waals surface area contributed by atoms with Crippen molar-refractivity contribution in [3.8, 4) is 0 Å². The third-order valence-corrected chi connectivity index (χ3v) is 4.78. The summed E-state index contributed by atoms with van der Waals surface area (Å²) >= 11 is 1.36. The second-order valence-electron chi connectivity index (χ2n) is 5.26. The van der Waals surface area contributed by atoms with E-state index < -0.39 is 4.92 Å². The predicted molar refractivity (Wildman–Crippen MR) is 83.7 cm³/mol. The second kappa shape index (κ2) is 6.31. The highest BCUT2D eigenvalue weighted by molar-refractivity contribution is 8.13. The van der Waals surface area contributed by atoms with Crippen molar-refractivity contribution in [2.24, 2.45) is 5.92 Å². The van der Waals surface area contributed by atoms with Gasteiger partial charge in [0.05, 0.1) is 11.0 Å². The number of hydrogen-bond acceptors (Lipinski definition) is 5. The van der Waals surface area contributed by atoms with E-state index in [-0.39, 0.29) is 22.8 Å². The van der Waals surface area contributed by atoms with Gasteiger partial charge in [0.2, 0.25) is 0 Å². The molecule has 1 aromatic carbocycles. The van der Waals surface area contributed by atoms with Crippen molar-refractivity contribution >= 4 is 22.6 Å². The fourth-order valence-corrected chi connectivity index (χ4v) is 3.81. The summed E-state index contributed by atoms with van der Waals surface area (Å²) in [5, 5.41) is 15.2. The first-order chi connectivity index (χ1) is 10.6. The predicted octanol–water partition coefficient (Wildman–Crippen LogP) is 3.05. The summed E-state index contributed by atoms with van der Waals surface area (Å²) in [4.78, 5) is 22.2. The lowest BCUT2D eigenvalue weighted by atomic mass is 9.88. The Morgan fingerprint density at radius 2 is 2.14 bits per heavy atom. The van der Waals surface area contributed by atoms with Gasteiger partial charge in [-0.25, -0.2) is 0 Å². The van der Waals surface area contributed by atoms with E-state index in [1.54, 1.807) is 4.68 Å². The molecule has 1 aliphatic heterocycles. The second-order valence-corrected chi connectivity index (χ2v) is 6.42. The molecule has 0 N–H and O–H groups in total. The Balaban J connectivity index is 1.98. The minimum absolute atomic E-state index is 0.0301. The van der Waals surface area contributed by atoms with E-state index in [0.29, 0.717) is 6.42 Å². The Bertz CT molecular complexity index is 686. The van der Waals surface area contributed by atoms with Crippen LogP contribution < -0.4 is 0 Å². The SMILES string of the molecule is O=C1CC(C(c2ccccc2)n2cc([N+](=O)[O-])cn2)CCS1. The maximum Gasteiger partial charge on any atom is 0.307 e.